The van der Waals surface area contributed by atoms with Crippen LogP contribution in [0.25, 0.3) is 0 Å². The molecule has 0 saturated carbocycles. The number of rotatable bonds is 5. The molecule has 0 aliphatic heterocycles. The van der Waals surface area contributed by atoms with Gasteiger partial charge in [-0.3, -0.25) is 0 Å². The Labute approximate surface area is 114 Å². The zero-order valence-corrected chi connectivity index (χ0v) is 11.5. The summed E-state index contributed by atoms with van der Waals surface area (Å²) in [5, 5.41) is 0. The molecule has 2 N–H and O–H groups in total. The van der Waals surface area contributed by atoms with E-state index in [0.29, 0.717) is 0 Å². The second-order valence-electron chi connectivity index (χ2n) is 4.38. The first-order valence-corrected chi connectivity index (χ1v) is 6.47. The number of nitrogen functional groups attached to an aromatic ring is 1. The molecule has 0 aliphatic carbocycles. The molecule has 100 valence electrons. The smallest absolute Gasteiger partial charge is 0.123 e. The maximum atomic E-state index is 6.05. The van der Waals surface area contributed by atoms with Crippen LogP contribution < -0.4 is 15.4 Å². The molecule has 3 nitrogen and oxygen atoms in total. The number of benzene rings is 2. The van der Waals surface area contributed by atoms with Gasteiger partial charge in [0.25, 0.3) is 0 Å². The summed E-state index contributed by atoms with van der Waals surface area (Å²) in [4.78, 5) is 2.24. The van der Waals surface area contributed by atoms with Gasteiger partial charge in [0.05, 0.1) is 18.5 Å². The van der Waals surface area contributed by atoms with Gasteiger partial charge in [0, 0.05) is 18.7 Å². The minimum Gasteiger partial charge on any atom is -0.496 e. The molecule has 0 spiro atoms. The zero-order valence-electron chi connectivity index (χ0n) is 11.5. The first-order valence-electron chi connectivity index (χ1n) is 6.47. The molecule has 19 heavy (non-hydrogen) atoms. The van der Waals surface area contributed by atoms with Crippen LogP contribution >= 0.6 is 0 Å². The molecule has 0 radical (unpaired) electrons. The van der Waals surface area contributed by atoms with Crippen LogP contribution in [0.3, 0.4) is 0 Å². The number of methoxy groups -OCH3 is 1. The van der Waals surface area contributed by atoms with Crippen LogP contribution in [-0.2, 0) is 6.54 Å². The molecule has 0 aromatic heterocycles. The summed E-state index contributed by atoms with van der Waals surface area (Å²) < 4.78 is 5.40. The van der Waals surface area contributed by atoms with Gasteiger partial charge in [0.2, 0.25) is 0 Å². The van der Waals surface area contributed by atoms with E-state index in [0.717, 1.165) is 35.8 Å². The maximum Gasteiger partial charge on any atom is 0.123 e. The van der Waals surface area contributed by atoms with Gasteiger partial charge in [0.1, 0.15) is 5.75 Å². The number of ether oxygens (including phenoxy) is 1. The monoisotopic (exact) mass is 256 g/mol. The minimum absolute atomic E-state index is 0.786. The lowest BCUT2D eigenvalue weighted by Crippen LogP contribution is -2.23. The molecule has 0 fully saturated rings. The standard InChI is InChI=1S/C16H20N2O/c1-3-18(15-10-6-5-9-14(15)17)12-13-8-4-7-11-16(13)19-2/h4-11H,3,12,17H2,1-2H3. The molecule has 2 aromatic carbocycles. The van der Waals surface area contributed by atoms with Crippen molar-refractivity contribution < 1.29 is 4.74 Å². The second-order valence-corrected chi connectivity index (χ2v) is 4.38. The number of nitrogens with zero attached hydrogens (tertiary/aromatic N) is 1. The van der Waals surface area contributed by atoms with Gasteiger partial charge in [0.15, 0.2) is 0 Å². The fourth-order valence-electron chi connectivity index (χ4n) is 2.18. The number of nitrogens with two attached hydrogens (primary N) is 1. The predicted octanol–water partition coefficient (Wildman–Crippen LogP) is 3.30. The topological polar surface area (TPSA) is 38.5 Å². The number of hydrogen-bond acceptors (Lipinski definition) is 3. The van der Waals surface area contributed by atoms with Crippen LogP contribution in [0.4, 0.5) is 11.4 Å². The van der Waals surface area contributed by atoms with Crippen molar-refractivity contribution in [2.45, 2.75) is 13.5 Å². The van der Waals surface area contributed by atoms with Crippen molar-refractivity contribution in [3.05, 3.63) is 54.1 Å². The lowest BCUT2D eigenvalue weighted by atomic mass is 10.1. The van der Waals surface area contributed by atoms with Crippen LogP contribution in [0.2, 0.25) is 0 Å². The fraction of sp³-hybridized carbons (Fsp3) is 0.250. The molecule has 0 amide bonds. The van der Waals surface area contributed by atoms with Crippen molar-refractivity contribution in [2.24, 2.45) is 0 Å². The van der Waals surface area contributed by atoms with E-state index < -0.39 is 0 Å². The lowest BCUT2D eigenvalue weighted by molar-refractivity contribution is 0.409. The molecule has 0 heterocycles. The van der Waals surface area contributed by atoms with E-state index in [1.54, 1.807) is 7.11 Å². The van der Waals surface area contributed by atoms with Crippen LogP contribution in [0.15, 0.2) is 48.5 Å². The highest BCUT2D eigenvalue weighted by molar-refractivity contribution is 5.67. The highest BCUT2D eigenvalue weighted by Crippen LogP contribution is 2.26. The predicted molar refractivity (Wildman–Crippen MR) is 80.6 cm³/mol. The van der Waals surface area contributed by atoms with Gasteiger partial charge >= 0.3 is 0 Å². The Morgan fingerprint density at radius 3 is 2.42 bits per heavy atom. The van der Waals surface area contributed by atoms with E-state index in [-0.39, 0.29) is 0 Å². The Morgan fingerprint density at radius 1 is 1.05 bits per heavy atom. The number of para-hydroxylation sites is 3. The zero-order chi connectivity index (χ0) is 13.7. The summed E-state index contributed by atoms with van der Waals surface area (Å²) in [7, 11) is 1.70. The fourth-order valence-corrected chi connectivity index (χ4v) is 2.18. The summed E-state index contributed by atoms with van der Waals surface area (Å²) in [6.07, 6.45) is 0. The summed E-state index contributed by atoms with van der Waals surface area (Å²) in [6.45, 7) is 3.81. The number of hydrogen-bond donors (Lipinski definition) is 1. The Morgan fingerprint density at radius 2 is 1.74 bits per heavy atom. The summed E-state index contributed by atoms with van der Waals surface area (Å²) in [5.41, 5.74) is 9.08. The van der Waals surface area contributed by atoms with E-state index in [4.69, 9.17) is 10.5 Å². The van der Waals surface area contributed by atoms with E-state index in [1.165, 1.54) is 0 Å². The van der Waals surface area contributed by atoms with E-state index in [1.807, 2.05) is 42.5 Å². The summed E-state index contributed by atoms with van der Waals surface area (Å²) in [5.74, 6) is 0.912. The first kappa shape index (κ1) is 13.3. The van der Waals surface area contributed by atoms with Crippen LogP contribution in [0.1, 0.15) is 12.5 Å². The SMILES string of the molecule is CCN(Cc1ccccc1OC)c1ccccc1N. The van der Waals surface area contributed by atoms with E-state index in [9.17, 15) is 0 Å². The number of anilines is 2. The highest BCUT2D eigenvalue weighted by atomic mass is 16.5. The van der Waals surface area contributed by atoms with Crippen molar-refractivity contribution in [1.82, 2.24) is 0 Å². The molecule has 0 saturated heterocycles. The molecular weight excluding hydrogens is 236 g/mol. The largest absolute Gasteiger partial charge is 0.496 e. The molecule has 3 heteroatoms. The van der Waals surface area contributed by atoms with Crippen LogP contribution in [0.5, 0.6) is 5.75 Å². The van der Waals surface area contributed by atoms with Crippen molar-refractivity contribution in [3.8, 4) is 5.75 Å². The molecule has 0 unspecified atom stereocenters. The summed E-state index contributed by atoms with van der Waals surface area (Å²) in [6, 6.07) is 16.0. The molecule has 0 bridgehead atoms. The van der Waals surface area contributed by atoms with Gasteiger partial charge in [-0.1, -0.05) is 30.3 Å². The Bertz CT molecular complexity index is 540. The molecule has 0 aliphatic rings. The van der Waals surface area contributed by atoms with Crippen molar-refractivity contribution in [1.29, 1.82) is 0 Å². The van der Waals surface area contributed by atoms with Gasteiger partial charge in [-0.05, 0) is 25.1 Å². The normalized spacial score (nSPS) is 10.2. The van der Waals surface area contributed by atoms with Gasteiger partial charge in [-0.25, -0.2) is 0 Å². The molecule has 2 aromatic rings. The Kier molecular flexibility index (Phi) is 4.29. The van der Waals surface area contributed by atoms with Crippen molar-refractivity contribution >= 4 is 11.4 Å². The molecule has 2 rings (SSSR count). The van der Waals surface area contributed by atoms with E-state index >= 15 is 0 Å². The first-order chi connectivity index (χ1) is 9.26. The van der Waals surface area contributed by atoms with Crippen LogP contribution in [0, 0.1) is 0 Å². The van der Waals surface area contributed by atoms with Crippen molar-refractivity contribution in [2.75, 3.05) is 24.3 Å². The highest BCUT2D eigenvalue weighted by Gasteiger charge is 2.10. The molecule has 0 atom stereocenters. The second kappa shape index (κ2) is 6.14. The average Bonchev–Trinajstić information content (AvgIpc) is 2.46. The summed E-state index contributed by atoms with van der Waals surface area (Å²) >= 11 is 0. The van der Waals surface area contributed by atoms with Crippen LogP contribution in [-0.4, -0.2) is 13.7 Å². The minimum atomic E-state index is 0.786. The quantitative estimate of drug-likeness (QED) is 0.834. The van der Waals surface area contributed by atoms with Gasteiger partial charge < -0.3 is 15.4 Å². The van der Waals surface area contributed by atoms with Crippen molar-refractivity contribution in [3.63, 3.8) is 0 Å². The Balaban J connectivity index is 2.27. The molecular formula is C16H20N2O. The third-order valence-electron chi connectivity index (χ3n) is 3.21. The maximum absolute atomic E-state index is 6.05. The third kappa shape index (κ3) is 2.99. The van der Waals surface area contributed by atoms with Gasteiger partial charge in [-0.2, -0.15) is 0 Å². The average molecular weight is 256 g/mol. The Hall–Kier alpha value is -2.16. The lowest BCUT2D eigenvalue weighted by Gasteiger charge is -2.25. The van der Waals surface area contributed by atoms with Gasteiger partial charge in [-0.15, -0.1) is 0 Å². The third-order valence-corrected chi connectivity index (χ3v) is 3.21. The van der Waals surface area contributed by atoms with E-state index in [2.05, 4.69) is 17.9 Å².